The van der Waals surface area contributed by atoms with Crippen molar-refractivity contribution in [2.75, 3.05) is 27.8 Å². The van der Waals surface area contributed by atoms with E-state index in [0.29, 0.717) is 0 Å². The Morgan fingerprint density at radius 2 is 1.57 bits per heavy atom. The molecule has 0 aliphatic carbocycles. The lowest BCUT2D eigenvalue weighted by Crippen LogP contribution is -2.51. The van der Waals surface area contributed by atoms with Crippen LogP contribution in [0.3, 0.4) is 0 Å². The van der Waals surface area contributed by atoms with Gasteiger partial charge in [-0.1, -0.05) is 13.8 Å². The second-order valence-corrected chi connectivity index (χ2v) is 8.68. The summed E-state index contributed by atoms with van der Waals surface area (Å²) in [6.45, 7) is 8.55. The zero-order valence-corrected chi connectivity index (χ0v) is 18.9. The third kappa shape index (κ3) is 5.93. The van der Waals surface area contributed by atoms with Crippen molar-refractivity contribution in [3.8, 4) is 0 Å². The zero-order valence-electron chi connectivity index (χ0n) is 18.9. The summed E-state index contributed by atoms with van der Waals surface area (Å²) in [5.74, 6) is -6.38. The fraction of sp³-hybridized carbons (Fsp3) is 0.750. The number of likely N-dealkylation sites (N-methyl/N-ethyl adjacent to an activating group) is 1. The summed E-state index contributed by atoms with van der Waals surface area (Å²) in [4.78, 5) is 65.5. The second kappa shape index (κ2) is 9.90. The quantitative estimate of drug-likeness (QED) is 0.337. The van der Waals surface area contributed by atoms with Gasteiger partial charge in [0.25, 0.3) is 0 Å². The lowest BCUT2D eigenvalue weighted by molar-refractivity contribution is -0.167. The van der Waals surface area contributed by atoms with Crippen molar-refractivity contribution in [3.63, 3.8) is 0 Å². The first-order valence-electron chi connectivity index (χ1n) is 9.71. The van der Waals surface area contributed by atoms with Gasteiger partial charge in [0, 0.05) is 7.05 Å². The van der Waals surface area contributed by atoms with E-state index in [1.807, 2.05) is 0 Å². The molecule has 0 saturated carbocycles. The molecule has 1 fully saturated rings. The minimum Gasteiger partial charge on any atom is -0.468 e. The van der Waals surface area contributed by atoms with Crippen LogP contribution in [-0.2, 0) is 33.4 Å². The molecule has 3 amide bonds. The smallest absolute Gasteiger partial charge is 0.331 e. The van der Waals surface area contributed by atoms with Gasteiger partial charge < -0.3 is 19.1 Å². The van der Waals surface area contributed by atoms with Gasteiger partial charge in [-0.2, -0.15) is 0 Å². The van der Waals surface area contributed by atoms with Gasteiger partial charge in [0.1, 0.15) is 5.60 Å². The van der Waals surface area contributed by atoms with E-state index in [1.54, 1.807) is 34.6 Å². The second-order valence-electron chi connectivity index (χ2n) is 8.68. The van der Waals surface area contributed by atoms with Gasteiger partial charge in [-0.15, -0.1) is 0 Å². The van der Waals surface area contributed by atoms with Crippen LogP contribution in [0.25, 0.3) is 0 Å². The number of methoxy groups -OCH3 is 2. The van der Waals surface area contributed by atoms with Crippen LogP contribution in [0.15, 0.2) is 0 Å². The predicted molar refractivity (Wildman–Crippen MR) is 105 cm³/mol. The molecule has 1 rings (SSSR count). The Morgan fingerprint density at radius 1 is 1.07 bits per heavy atom. The Morgan fingerprint density at radius 3 is 1.97 bits per heavy atom. The topological polar surface area (TPSA) is 120 Å². The maximum absolute atomic E-state index is 13.5. The van der Waals surface area contributed by atoms with Gasteiger partial charge in [-0.05, 0) is 33.1 Å². The van der Waals surface area contributed by atoms with Crippen LogP contribution >= 0.6 is 0 Å². The van der Waals surface area contributed by atoms with Crippen LogP contribution in [0.5, 0.6) is 0 Å². The van der Waals surface area contributed by atoms with Crippen LogP contribution in [0, 0.1) is 17.8 Å². The number of ether oxygens (including phenoxy) is 3. The fourth-order valence-electron chi connectivity index (χ4n) is 3.28. The number of hydrogen-bond donors (Lipinski definition) is 0. The van der Waals surface area contributed by atoms with Gasteiger partial charge in [0.2, 0.25) is 5.91 Å². The molecule has 1 aliphatic rings. The van der Waals surface area contributed by atoms with Crippen molar-refractivity contribution >= 4 is 29.8 Å². The molecule has 0 aromatic heterocycles. The van der Waals surface area contributed by atoms with Gasteiger partial charge >= 0.3 is 23.9 Å². The summed E-state index contributed by atoms with van der Waals surface area (Å²) in [6.07, 6.45) is 0.0994. The lowest BCUT2D eigenvalue weighted by atomic mass is 9.84. The van der Waals surface area contributed by atoms with E-state index in [-0.39, 0.29) is 18.9 Å². The van der Waals surface area contributed by atoms with Gasteiger partial charge in [0.15, 0.2) is 12.0 Å². The van der Waals surface area contributed by atoms with Crippen LogP contribution in [0.4, 0.5) is 4.79 Å². The number of hydrogen-bond acceptors (Lipinski definition) is 8. The normalized spacial score (nSPS) is 17.9. The highest BCUT2D eigenvalue weighted by atomic mass is 16.6. The maximum atomic E-state index is 13.5. The zero-order chi connectivity index (χ0) is 23.4. The fourth-order valence-corrected chi connectivity index (χ4v) is 3.28. The maximum Gasteiger partial charge on any atom is 0.331 e. The van der Waals surface area contributed by atoms with E-state index in [1.165, 1.54) is 11.9 Å². The first-order valence-corrected chi connectivity index (χ1v) is 9.71. The standard InChI is InChI=1S/C20H32N2O8/c1-11(2)9-12(14(17(25)28-7)18(26)29-8)15(23)22-13(10-21(6)19(22)27)16(24)30-20(3,4)5/h11-14H,9-10H2,1-8H3/t12-,13-/m0/s1. The number of urea groups is 1. The monoisotopic (exact) mass is 428 g/mol. The molecule has 0 N–H and O–H groups in total. The third-order valence-electron chi connectivity index (χ3n) is 4.56. The summed E-state index contributed by atoms with van der Waals surface area (Å²) < 4.78 is 14.8. The number of nitrogens with zero attached hydrogens (tertiary/aromatic N) is 2. The van der Waals surface area contributed by atoms with E-state index in [9.17, 15) is 24.0 Å². The molecular weight excluding hydrogens is 396 g/mol. The molecule has 1 aliphatic heterocycles. The summed E-state index contributed by atoms with van der Waals surface area (Å²) in [5.41, 5.74) is -0.825. The van der Waals surface area contributed by atoms with Crippen molar-refractivity contribution in [2.24, 2.45) is 17.8 Å². The Kier molecular flexibility index (Phi) is 8.38. The third-order valence-corrected chi connectivity index (χ3v) is 4.56. The highest BCUT2D eigenvalue weighted by Crippen LogP contribution is 2.29. The summed E-state index contributed by atoms with van der Waals surface area (Å²) in [6, 6.07) is -1.90. The van der Waals surface area contributed by atoms with Gasteiger partial charge in [-0.3, -0.25) is 14.4 Å². The number of rotatable bonds is 7. The number of carbonyl (C=O) groups excluding carboxylic acids is 5. The number of esters is 3. The van der Waals surface area contributed by atoms with E-state index in [4.69, 9.17) is 14.2 Å². The van der Waals surface area contributed by atoms with Crippen molar-refractivity contribution in [1.29, 1.82) is 0 Å². The predicted octanol–water partition coefficient (Wildman–Crippen LogP) is 1.22. The Labute approximate surface area is 176 Å². The van der Waals surface area contributed by atoms with Crippen LogP contribution in [0.2, 0.25) is 0 Å². The molecule has 170 valence electrons. The molecule has 1 saturated heterocycles. The van der Waals surface area contributed by atoms with Crippen molar-refractivity contribution < 1.29 is 38.2 Å². The summed E-state index contributed by atoms with van der Waals surface area (Å²) in [5, 5.41) is 0. The Balaban J connectivity index is 3.39. The minimum atomic E-state index is -1.56. The Bertz CT molecular complexity index is 681. The minimum absolute atomic E-state index is 0.0605. The summed E-state index contributed by atoms with van der Waals surface area (Å²) >= 11 is 0. The van der Waals surface area contributed by atoms with Crippen LogP contribution in [0.1, 0.15) is 41.0 Å². The average Bonchev–Trinajstić information content (AvgIpc) is 2.93. The average molecular weight is 428 g/mol. The Hall–Kier alpha value is -2.65. The number of carbonyl (C=O) groups is 5. The molecule has 10 heteroatoms. The molecule has 0 bridgehead atoms. The molecule has 0 spiro atoms. The molecule has 0 aromatic rings. The molecular formula is C20H32N2O8. The van der Waals surface area contributed by atoms with E-state index in [0.717, 1.165) is 19.1 Å². The van der Waals surface area contributed by atoms with E-state index < -0.39 is 53.3 Å². The largest absolute Gasteiger partial charge is 0.468 e. The summed E-state index contributed by atoms with van der Waals surface area (Å²) in [7, 11) is 3.63. The molecule has 30 heavy (non-hydrogen) atoms. The lowest BCUT2D eigenvalue weighted by Gasteiger charge is -2.30. The highest BCUT2D eigenvalue weighted by molar-refractivity contribution is 6.06. The number of imide groups is 1. The van der Waals surface area contributed by atoms with Gasteiger partial charge in [-0.25, -0.2) is 14.5 Å². The van der Waals surface area contributed by atoms with Crippen LogP contribution in [-0.4, -0.2) is 79.1 Å². The van der Waals surface area contributed by atoms with Crippen molar-refractivity contribution in [2.45, 2.75) is 52.7 Å². The van der Waals surface area contributed by atoms with Crippen LogP contribution < -0.4 is 0 Å². The first-order chi connectivity index (χ1) is 13.7. The molecule has 0 radical (unpaired) electrons. The molecule has 0 aromatic carbocycles. The molecule has 10 nitrogen and oxygen atoms in total. The van der Waals surface area contributed by atoms with Crippen molar-refractivity contribution in [1.82, 2.24) is 9.80 Å². The van der Waals surface area contributed by atoms with E-state index in [2.05, 4.69) is 0 Å². The SMILES string of the molecule is COC(=O)C(C(=O)OC)[C@H](CC(C)C)C(=O)N1C(=O)N(C)C[C@H]1C(=O)OC(C)(C)C. The molecule has 1 heterocycles. The highest BCUT2D eigenvalue weighted by Gasteiger charge is 2.51. The molecule has 0 unspecified atom stereocenters. The van der Waals surface area contributed by atoms with Gasteiger partial charge in [0.05, 0.1) is 26.7 Å². The number of amides is 3. The first kappa shape index (κ1) is 25.4. The van der Waals surface area contributed by atoms with Crippen molar-refractivity contribution in [3.05, 3.63) is 0 Å². The molecule has 2 atom stereocenters. The van der Waals surface area contributed by atoms with E-state index >= 15 is 0 Å².